The molecule has 0 amide bonds. The van der Waals surface area contributed by atoms with Gasteiger partial charge in [0, 0.05) is 50.8 Å². The maximum Gasteiger partial charge on any atom is 0.0645 e. The monoisotopic (exact) mass is 1170 g/mol. The number of hydrogen-bond acceptors (Lipinski definition) is 4. The molecule has 0 bridgehead atoms. The average Bonchev–Trinajstić information content (AvgIpc) is 1.67. The number of hydrogen-bond donors (Lipinski definition) is 0. The summed E-state index contributed by atoms with van der Waals surface area (Å²) in [5.41, 5.74) is 25.8. The van der Waals surface area contributed by atoms with Crippen molar-refractivity contribution in [3.05, 3.63) is 323 Å². The van der Waals surface area contributed by atoms with E-state index in [1.165, 1.54) is 127 Å². The van der Waals surface area contributed by atoms with Crippen molar-refractivity contribution in [1.29, 1.82) is 0 Å². The highest BCUT2D eigenvalue weighted by atomic mass is 15.2. The zero-order valence-corrected chi connectivity index (χ0v) is 52.2. The van der Waals surface area contributed by atoms with Gasteiger partial charge < -0.3 is 9.80 Å². The van der Waals surface area contributed by atoms with E-state index in [1.807, 2.05) is 36.9 Å². The van der Waals surface area contributed by atoms with Crippen LogP contribution in [-0.4, -0.2) is 9.97 Å². The predicted octanol–water partition coefficient (Wildman–Crippen LogP) is 23.1. The molecular formula is C87H68N4. The molecule has 11 aromatic carbocycles. The summed E-state index contributed by atoms with van der Waals surface area (Å²) in [5, 5.41) is 9.85. The number of pyridine rings is 2. The maximum absolute atomic E-state index is 4.63. The lowest BCUT2D eigenvalue weighted by Gasteiger charge is -2.29. The van der Waals surface area contributed by atoms with Crippen molar-refractivity contribution in [2.45, 2.75) is 64.2 Å². The van der Waals surface area contributed by atoms with Crippen LogP contribution in [0.2, 0.25) is 0 Å². The molecule has 0 N–H and O–H groups in total. The second-order valence-corrected chi connectivity index (χ2v) is 27.0. The van der Waals surface area contributed by atoms with Crippen LogP contribution in [0, 0.1) is 5.92 Å². The Kier molecular flexibility index (Phi) is 12.4. The fourth-order valence-electron chi connectivity index (χ4n) is 15.9. The van der Waals surface area contributed by atoms with Crippen molar-refractivity contribution >= 4 is 101 Å². The van der Waals surface area contributed by atoms with Crippen LogP contribution in [0.5, 0.6) is 0 Å². The van der Waals surface area contributed by atoms with Crippen LogP contribution >= 0.6 is 0 Å². The summed E-state index contributed by atoms with van der Waals surface area (Å²) >= 11 is 0. The minimum atomic E-state index is -0.228. The van der Waals surface area contributed by atoms with Gasteiger partial charge in [0.05, 0.1) is 35.1 Å². The lowest BCUT2D eigenvalue weighted by Crippen LogP contribution is -2.18. The van der Waals surface area contributed by atoms with Gasteiger partial charge >= 0.3 is 0 Å². The number of benzene rings is 11. The first-order chi connectivity index (χ1) is 44.4. The Hall–Kier alpha value is -10.7. The number of rotatable bonds is 10. The molecular weight excluding hydrogens is 1100 g/mol. The van der Waals surface area contributed by atoms with Crippen LogP contribution in [0.1, 0.15) is 98.0 Å². The Labute approximate surface area is 533 Å². The third-order valence-corrected chi connectivity index (χ3v) is 20.6. The van der Waals surface area contributed by atoms with Gasteiger partial charge in [-0.25, -0.2) is 0 Å². The molecule has 436 valence electrons. The Bertz CT molecular complexity index is 5310. The van der Waals surface area contributed by atoms with E-state index < -0.39 is 0 Å². The third-order valence-electron chi connectivity index (χ3n) is 20.6. The fraction of sp³-hybridized carbons (Fsp3) is 0.126. The van der Waals surface area contributed by atoms with Crippen LogP contribution in [0.3, 0.4) is 0 Å². The average molecular weight is 1170 g/mol. The summed E-state index contributed by atoms with van der Waals surface area (Å²) in [5.74, 6) is 0.285. The Morgan fingerprint density at radius 2 is 0.769 bits per heavy atom. The zero-order valence-electron chi connectivity index (χ0n) is 52.2. The van der Waals surface area contributed by atoms with E-state index in [0.29, 0.717) is 0 Å². The Morgan fingerprint density at radius 3 is 1.24 bits per heavy atom. The Balaban J connectivity index is 0.618. The van der Waals surface area contributed by atoms with Gasteiger partial charge in [0.25, 0.3) is 0 Å². The van der Waals surface area contributed by atoms with Crippen LogP contribution in [0.15, 0.2) is 273 Å². The second-order valence-electron chi connectivity index (χ2n) is 27.0. The lowest BCUT2D eigenvalue weighted by atomic mass is 9.78. The van der Waals surface area contributed by atoms with E-state index in [0.717, 1.165) is 40.5 Å². The molecule has 0 saturated carbocycles. The predicted molar refractivity (Wildman–Crippen MR) is 385 cm³/mol. The summed E-state index contributed by atoms with van der Waals surface area (Å²) in [7, 11) is 0. The van der Waals surface area contributed by atoms with Gasteiger partial charge in [0.2, 0.25) is 0 Å². The van der Waals surface area contributed by atoms with Crippen molar-refractivity contribution in [3.63, 3.8) is 0 Å². The first kappa shape index (κ1) is 54.5. The number of anilines is 6. The first-order valence-corrected chi connectivity index (χ1v) is 32.1. The minimum Gasteiger partial charge on any atom is -0.308 e. The largest absolute Gasteiger partial charge is 0.308 e. The first-order valence-electron chi connectivity index (χ1n) is 32.1. The molecule has 4 aliphatic rings. The van der Waals surface area contributed by atoms with Gasteiger partial charge in [-0.15, -0.1) is 0 Å². The number of nitrogens with zero attached hydrogens (tertiary/aromatic N) is 4. The molecule has 2 aromatic heterocycles. The van der Waals surface area contributed by atoms with E-state index in [9.17, 15) is 0 Å². The van der Waals surface area contributed by atoms with E-state index in [2.05, 4.69) is 310 Å². The van der Waals surface area contributed by atoms with E-state index in [-0.39, 0.29) is 22.2 Å². The molecule has 4 aliphatic carbocycles. The van der Waals surface area contributed by atoms with Crippen LogP contribution in [0.25, 0.3) is 89.1 Å². The van der Waals surface area contributed by atoms with Crippen molar-refractivity contribution in [1.82, 2.24) is 9.97 Å². The second kappa shape index (κ2) is 20.7. The molecule has 0 radical (unpaired) electrons. The number of fused-ring (bicyclic) bond motifs is 15. The van der Waals surface area contributed by atoms with Crippen molar-refractivity contribution in [3.8, 4) is 22.3 Å². The molecule has 17 rings (SSSR count). The number of aromatic nitrogens is 2. The topological polar surface area (TPSA) is 32.3 Å². The summed E-state index contributed by atoms with van der Waals surface area (Å²) in [6.45, 7) is 14.4. The molecule has 0 fully saturated rings. The van der Waals surface area contributed by atoms with Gasteiger partial charge in [-0.05, 0) is 189 Å². The highest BCUT2D eigenvalue weighted by Gasteiger charge is 2.41. The maximum atomic E-state index is 4.63. The van der Waals surface area contributed by atoms with Gasteiger partial charge in [0.15, 0.2) is 0 Å². The van der Waals surface area contributed by atoms with Crippen LogP contribution in [0.4, 0.5) is 34.1 Å². The molecule has 91 heavy (non-hydrogen) atoms. The van der Waals surface area contributed by atoms with E-state index in [4.69, 9.17) is 0 Å². The van der Waals surface area contributed by atoms with Gasteiger partial charge in [-0.1, -0.05) is 242 Å². The smallest absolute Gasteiger partial charge is 0.0645 e. The molecule has 1 unspecified atom stereocenters. The van der Waals surface area contributed by atoms with Crippen LogP contribution < -0.4 is 9.80 Å². The normalized spacial score (nSPS) is 16.2. The molecule has 2 heterocycles. The zero-order chi connectivity index (χ0) is 61.3. The van der Waals surface area contributed by atoms with Crippen molar-refractivity contribution < 1.29 is 0 Å². The minimum absolute atomic E-state index is 0.161. The summed E-state index contributed by atoms with van der Waals surface area (Å²) in [4.78, 5) is 14.0. The van der Waals surface area contributed by atoms with E-state index >= 15 is 0 Å². The molecule has 0 aliphatic heterocycles. The summed E-state index contributed by atoms with van der Waals surface area (Å²) in [6, 6.07) is 83.5. The van der Waals surface area contributed by atoms with Crippen molar-refractivity contribution in [2.24, 2.45) is 5.92 Å². The highest BCUT2D eigenvalue weighted by molar-refractivity contribution is 6.16. The fourth-order valence-corrected chi connectivity index (χ4v) is 15.9. The van der Waals surface area contributed by atoms with E-state index in [1.54, 1.807) is 0 Å². The SMILES string of the molecule is CC1(C)C2=CC(/C=C/c3ccc4c(c3)C(C)(C)c3cc(/C=C/c5ccc6c(c5)C(C)(C)c5cc(N(c7cccnc7)c7cc8ccccc8c8ccccc78)ccc5-6)ccc3-4)CC=C2c2ccc(N(c3cccnc3)c3cc4ccccc4c4ccccc34)cc21. The molecule has 0 spiro atoms. The summed E-state index contributed by atoms with van der Waals surface area (Å²) < 4.78 is 0. The molecule has 13 aromatic rings. The standard InChI is InChI=1S/C87H68N4/c1-85(2)77-45-55(27-29-57-33-39-71-73-41-35-61(51-81(73)86(3,4)79(71)47-57)90(63-19-15-43-88-53-63)83-49-59-17-7-9-21-65(59)67-23-11-13-25-75(67)83)31-37-69(77)70-38-32-56(46-78(70)85)28-30-58-34-40-72-74-42-36-62(52-82(74)87(5,6)80(72)48-58)91(64-20-16-44-89-54-64)84-50-60-18-8-10-22-66(60)68-24-12-14-26-76(68)84/h7-33,35-54,58H,34H2,1-6H3/b29-27+,30-28+. The number of allylic oxidation sites excluding steroid dienone is 5. The van der Waals surface area contributed by atoms with Crippen LogP contribution in [-0.2, 0) is 16.2 Å². The molecule has 0 saturated heterocycles. The van der Waals surface area contributed by atoms with Crippen molar-refractivity contribution in [2.75, 3.05) is 9.80 Å². The lowest BCUT2D eigenvalue weighted by molar-refractivity contribution is 0.645. The van der Waals surface area contributed by atoms with Gasteiger partial charge in [-0.3, -0.25) is 9.97 Å². The molecule has 4 heteroatoms. The highest BCUT2D eigenvalue weighted by Crippen LogP contribution is 2.56. The summed E-state index contributed by atoms with van der Waals surface area (Å²) in [6.07, 6.45) is 23.1. The molecule has 1 atom stereocenters. The quantitative estimate of drug-likeness (QED) is 0.101. The van der Waals surface area contributed by atoms with Gasteiger partial charge in [-0.2, -0.15) is 0 Å². The molecule has 4 nitrogen and oxygen atoms in total. The van der Waals surface area contributed by atoms with Gasteiger partial charge in [0.1, 0.15) is 0 Å². The Morgan fingerprint density at radius 1 is 0.363 bits per heavy atom. The third kappa shape index (κ3) is 8.71.